The summed E-state index contributed by atoms with van der Waals surface area (Å²) in [6.07, 6.45) is 0. The van der Waals surface area contributed by atoms with Gasteiger partial charge in [0.2, 0.25) is 0 Å². The molecule has 55 heavy (non-hydrogen) atoms. The minimum atomic E-state index is -0.486. The molecule has 0 bridgehead atoms. The summed E-state index contributed by atoms with van der Waals surface area (Å²) >= 11 is 0. The first kappa shape index (κ1) is 31.4. The molecule has 0 radical (unpaired) electrons. The molecule has 0 fully saturated rings. The van der Waals surface area contributed by atoms with E-state index < -0.39 is 5.41 Å². The highest BCUT2D eigenvalue weighted by Crippen LogP contribution is 2.65. The highest BCUT2D eigenvalue weighted by atomic mass is 15.2. The number of hydrogen-bond donors (Lipinski definition) is 0. The lowest BCUT2D eigenvalue weighted by molar-refractivity contribution is 0.754. The van der Waals surface area contributed by atoms with Crippen LogP contribution in [0.25, 0.3) is 33.0 Å². The predicted molar refractivity (Wildman–Crippen MR) is 230 cm³/mol. The van der Waals surface area contributed by atoms with Crippen molar-refractivity contribution < 1.29 is 0 Å². The van der Waals surface area contributed by atoms with Crippen molar-refractivity contribution in [1.82, 2.24) is 0 Å². The van der Waals surface area contributed by atoms with Gasteiger partial charge in [0.25, 0.3) is 0 Å². The van der Waals surface area contributed by atoms with E-state index in [9.17, 15) is 0 Å². The van der Waals surface area contributed by atoms with Gasteiger partial charge in [0.1, 0.15) is 0 Å². The number of rotatable bonds is 6. The molecule has 1 atom stereocenters. The van der Waals surface area contributed by atoms with Gasteiger partial charge < -0.3 is 9.80 Å². The standard InChI is InChI=1S/C53H36N2/c1-4-17-41(18-5-1)53-48-24-12-13-25-50(48)55(43-21-8-3-9-22-43)51-26-14-23-47(52(51)53)46-34-30-40(36-49(46)53)38-27-31-44(32-28-38)54(42-19-6-2-7-20-42)45-33-29-37-15-10-11-16-39(37)35-45/h1-36H. The summed E-state index contributed by atoms with van der Waals surface area (Å²) in [5.74, 6) is 0. The molecule has 1 unspecified atom stereocenters. The Morgan fingerprint density at radius 2 is 0.982 bits per heavy atom. The number of benzene rings is 9. The van der Waals surface area contributed by atoms with E-state index >= 15 is 0 Å². The number of anilines is 6. The van der Waals surface area contributed by atoms with Crippen molar-refractivity contribution in [3.8, 4) is 22.3 Å². The third-order valence-electron chi connectivity index (χ3n) is 11.6. The van der Waals surface area contributed by atoms with Gasteiger partial charge in [0.05, 0.1) is 16.8 Å². The Kier molecular flexibility index (Phi) is 7.11. The molecule has 258 valence electrons. The Hall–Kier alpha value is -7.16. The smallest absolute Gasteiger partial charge is 0.0754 e. The molecule has 0 N–H and O–H groups in total. The molecule has 1 aliphatic heterocycles. The van der Waals surface area contributed by atoms with Gasteiger partial charge in [-0.15, -0.1) is 0 Å². The fourth-order valence-corrected chi connectivity index (χ4v) is 9.29. The van der Waals surface area contributed by atoms with Crippen molar-refractivity contribution in [2.45, 2.75) is 5.41 Å². The Morgan fingerprint density at radius 1 is 0.364 bits per heavy atom. The molecular weight excluding hydrogens is 665 g/mol. The molecule has 2 aliphatic rings. The second kappa shape index (κ2) is 12.5. The summed E-state index contributed by atoms with van der Waals surface area (Å²) in [4.78, 5) is 4.80. The number of hydrogen-bond acceptors (Lipinski definition) is 2. The highest BCUT2D eigenvalue weighted by Gasteiger charge is 2.52. The van der Waals surface area contributed by atoms with Crippen LogP contribution in [-0.2, 0) is 5.41 Å². The lowest BCUT2D eigenvalue weighted by Crippen LogP contribution is -2.35. The number of fused-ring (bicyclic) bond motifs is 6. The molecule has 0 saturated carbocycles. The van der Waals surface area contributed by atoms with E-state index in [2.05, 4.69) is 228 Å². The highest BCUT2D eigenvalue weighted by molar-refractivity contribution is 6.00. The van der Waals surface area contributed by atoms with Crippen LogP contribution in [0.5, 0.6) is 0 Å². The fourth-order valence-electron chi connectivity index (χ4n) is 9.29. The summed E-state index contributed by atoms with van der Waals surface area (Å²) in [5.41, 5.74) is 16.7. The first-order valence-electron chi connectivity index (χ1n) is 19.0. The molecule has 2 heteroatoms. The molecule has 1 heterocycles. The maximum absolute atomic E-state index is 2.47. The van der Waals surface area contributed by atoms with Crippen LogP contribution in [0.4, 0.5) is 34.1 Å². The normalized spacial score (nSPS) is 14.9. The van der Waals surface area contributed by atoms with Gasteiger partial charge in [0, 0.05) is 28.3 Å². The van der Waals surface area contributed by atoms with Crippen LogP contribution in [0.2, 0.25) is 0 Å². The Labute approximate surface area is 321 Å². The quantitative estimate of drug-likeness (QED) is 0.170. The second-order valence-electron chi connectivity index (χ2n) is 14.5. The molecule has 0 aromatic heterocycles. The maximum atomic E-state index is 2.47. The zero-order valence-corrected chi connectivity index (χ0v) is 30.2. The van der Waals surface area contributed by atoms with Crippen LogP contribution in [0.1, 0.15) is 22.3 Å². The van der Waals surface area contributed by atoms with Gasteiger partial charge >= 0.3 is 0 Å². The topological polar surface area (TPSA) is 6.48 Å². The second-order valence-corrected chi connectivity index (χ2v) is 14.5. The van der Waals surface area contributed by atoms with Gasteiger partial charge in [-0.1, -0.05) is 152 Å². The van der Waals surface area contributed by atoms with Crippen LogP contribution in [0, 0.1) is 0 Å². The van der Waals surface area contributed by atoms with Crippen molar-refractivity contribution in [3.63, 3.8) is 0 Å². The molecule has 0 spiro atoms. The minimum Gasteiger partial charge on any atom is -0.310 e. The van der Waals surface area contributed by atoms with Crippen LogP contribution in [0.3, 0.4) is 0 Å². The van der Waals surface area contributed by atoms with E-state index in [4.69, 9.17) is 0 Å². The van der Waals surface area contributed by atoms with Crippen LogP contribution < -0.4 is 9.80 Å². The first-order valence-corrected chi connectivity index (χ1v) is 19.0. The van der Waals surface area contributed by atoms with Crippen molar-refractivity contribution in [2.75, 3.05) is 9.80 Å². The summed E-state index contributed by atoms with van der Waals surface area (Å²) < 4.78 is 0. The molecule has 1 aliphatic carbocycles. The van der Waals surface area contributed by atoms with E-state index in [1.54, 1.807) is 0 Å². The molecule has 0 saturated heterocycles. The average Bonchev–Trinajstić information content (AvgIpc) is 3.57. The molecule has 11 rings (SSSR count). The molecule has 0 amide bonds. The van der Waals surface area contributed by atoms with Gasteiger partial charge in [-0.2, -0.15) is 0 Å². The van der Waals surface area contributed by atoms with E-state index in [0.717, 1.165) is 22.7 Å². The summed E-state index contributed by atoms with van der Waals surface area (Å²) in [5, 5.41) is 2.46. The zero-order chi connectivity index (χ0) is 36.3. The summed E-state index contributed by atoms with van der Waals surface area (Å²) in [6.45, 7) is 0. The van der Waals surface area contributed by atoms with Crippen molar-refractivity contribution in [2.24, 2.45) is 0 Å². The largest absolute Gasteiger partial charge is 0.310 e. The maximum Gasteiger partial charge on any atom is 0.0754 e. The SMILES string of the molecule is c1ccc(N(c2ccc(-c3ccc4c(c3)C3(c5ccccc5)c5ccccc5N(c5ccccc5)c5cccc-4c53)cc2)c2ccc3ccccc3c2)cc1. The van der Waals surface area contributed by atoms with Gasteiger partial charge in [-0.05, 0) is 116 Å². The lowest BCUT2D eigenvalue weighted by Gasteiger charge is -2.44. The van der Waals surface area contributed by atoms with Crippen molar-refractivity contribution >= 4 is 44.9 Å². The van der Waals surface area contributed by atoms with Crippen LogP contribution >= 0.6 is 0 Å². The minimum absolute atomic E-state index is 0.486. The molecular formula is C53H36N2. The van der Waals surface area contributed by atoms with Crippen LogP contribution in [-0.4, -0.2) is 0 Å². The molecule has 9 aromatic carbocycles. The number of nitrogens with zero attached hydrogens (tertiary/aromatic N) is 2. The predicted octanol–water partition coefficient (Wildman–Crippen LogP) is 14.1. The van der Waals surface area contributed by atoms with E-state index in [1.807, 2.05) is 0 Å². The number of para-hydroxylation sites is 3. The zero-order valence-electron chi connectivity index (χ0n) is 30.2. The Morgan fingerprint density at radius 3 is 1.78 bits per heavy atom. The molecule has 2 nitrogen and oxygen atoms in total. The monoisotopic (exact) mass is 700 g/mol. The van der Waals surface area contributed by atoms with Gasteiger partial charge in [0.15, 0.2) is 0 Å². The van der Waals surface area contributed by atoms with Gasteiger partial charge in [-0.3, -0.25) is 0 Å². The van der Waals surface area contributed by atoms with Crippen LogP contribution in [0.15, 0.2) is 218 Å². The van der Waals surface area contributed by atoms with Gasteiger partial charge in [-0.25, -0.2) is 0 Å². The Balaban J connectivity index is 1.08. The van der Waals surface area contributed by atoms with E-state index in [1.165, 1.54) is 66.7 Å². The lowest BCUT2D eigenvalue weighted by atomic mass is 9.64. The van der Waals surface area contributed by atoms with Crippen molar-refractivity contribution in [3.05, 3.63) is 241 Å². The van der Waals surface area contributed by atoms with Crippen molar-refractivity contribution in [1.29, 1.82) is 0 Å². The molecule has 9 aromatic rings. The first-order chi connectivity index (χ1) is 27.3. The van der Waals surface area contributed by atoms with E-state index in [0.29, 0.717) is 0 Å². The van der Waals surface area contributed by atoms with E-state index in [-0.39, 0.29) is 0 Å². The summed E-state index contributed by atoms with van der Waals surface area (Å²) in [7, 11) is 0. The fraction of sp³-hybridized carbons (Fsp3) is 0.0189. The Bertz CT molecular complexity index is 2860. The average molecular weight is 701 g/mol. The third kappa shape index (κ3) is 4.75. The summed E-state index contributed by atoms with van der Waals surface area (Å²) in [6, 6.07) is 79.9. The third-order valence-corrected chi connectivity index (χ3v) is 11.6.